The van der Waals surface area contributed by atoms with Crippen molar-refractivity contribution in [1.29, 1.82) is 0 Å². The number of nitrogens with one attached hydrogen (secondary N) is 1. The molecule has 3 aromatic rings. The van der Waals surface area contributed by atoms with Gasteiger partial charge in [0.1, 0.15) is 11.5 Å². The third-order valence-corrected chi connectivity index (χ3v) is 6.50. The minimum atomic E-state index is -0.108. The molecule has 1 aliphatic rings. The number of methoxy groups -OCH3 is 2. The van der Waals surface area contributed by atoms with E-state index < -0.39 is 0 Å². The first kappa shape index (κ1) is 27.5. The summed E-state index contributed by atoms with van der Waals surface area (Å²) in [7, 11) is 7.27. The maximum Gasteiger partial charge on any atom is 0.322 e. The summed E-state index contributed by atoms with van der Waals surface area (Å²) in [4.78, 5) is 16.7. The molecule has 1 atom stereocenters. The number of rotatable bonds is 4. The molecule has 6 nitrogen and oxygen atoms in total. The summed E-state index contributed by atoms with van der Waals surface area (Å²) < 4.78 is 10.9. The van der Waals surface area contributed by atoms with Gasteiger partial charge in [0, 0.05) is 53.7 Å². The van der Waals surface area contributed by atoms with Crippen LogP contribution < -0.4 is 19.7 Å². The van der Waals surface area contributed by atoms with E-state index in [4.69, 9.17) is 32.7 Å². The topological polar surface area (TPSA) is 54.0 Å². The highest BCUT2D eigenvalue weighted by Gasteiger charge is 2.31. The van der Waals surface area contributed by atoms with Crippen LogP contribution in [0.5, 0.6) is 11.5 Å². The van der Waals surface area contributed by atoms with E-state index >= 15 is 0 Å². The van der Waals surface area contributed by atoms with Crippen molar-refractivity contribution in [3.63, 3.8) is 0 Å². The number of nitrogens with zero attached hydrogens (tertiary/aromatic N) is 2. The Morgan fingerprint density at radius 3 is 2.17 bits per heavy atom. The molecule has 8 heteroatoms. The van der Waals surface area contributed by atoms with Crippen molar-refractivity contribution in [1.82, 2.24) is 4.90 Å². The number of anilines is 2. The molecule has 192 valence electrons. The number of hydrogen-bond acceptors (Lipinski definition) is 4. The molecule has 0 saturated heterocycles. The van der Waals surface area contributed by atoms with Crippen molar-refractivity contribution in [3.8, 4) is 11.5 Å². The van der Waals surface area contributed by atoms with E-state index in [1.54, 1.807) is 20.3 Å². The van der Waals surface area contributed by atoms with Gasteiger partial charge in [0.2, 0.25) is 0 Å². The molecule has 4 rings (SSSR count). The second-order valence-electron chi connectivity index (χ2n) is 8.84. The highest BCUT2D eigenvalue weighted by atomic mass is 35.5. The lowest BCUT2D eigenvalue weighted by Crippen LogP contribution is -2.41. The van der Waals surface area contributed by atoms with E-state index in [2.05, 4.69) is 5.32 Å². The maximum absolute atomic E-state index is 12.9. The summed E-state index contributed by atoms with van der Waals surface area (Å²) in [6.45, 7) is 4.63. The standard InChI is InChI=1S/C21H27N3O3.C7H6Cl2/c1-14-20-15(12-18(26-4)13-19(20)27-5)10-11-24(14)21(25)22-16-6-8-17(9-7-16)23(2)3;1-5-2-6(8)4-7(9)3-5/h6-9,12-14H,10-11H2,1-5H3,(H,22,25);2-4H,1H3. The van der Waals surface area contributed by atoms with Gasteiger partial charge in [-0.3, -0.25) is 0 Å². The zero-order valence-electron chi connectivity index (χ0n) is 21.6. The SMILES string of the molecule is COc1cc2c(c(OC)c1)C(C)N(C(=O)Nc1ccc(N(C)C)cc1)CC2.Cc1cc(Cl)cc(Cl)c1. The molecule has 0 radical (unpaired) electrons. The van der Waals surface area contributed by atoms with Crippen LogP contribution in [-0.4, -0.2) is 45.8 Å². The first-order chi connectivity index (χ1) is 17.1. The fourth-order valence-electron chi connectivity index (χ4n) is 4.22. The minimum Gasteiger partial charge on any atom is -0.497 e. The molecule has 0 saturated carbocycles. The number of hydrogen-bond donors (Lipinski definition) is 1. The van der Waals surface area contributed by atoms with Gasteiger partial charge in [0.25, 0.3) is 0 Å². The van der Waals surface area contributed by atoms with E-state index in [1.807, 2.05) is 86.3 Å². The molecule has 1 N–H and O–H groups in total. The zero-order chi connectivity index (χ0) is 26.4. The van der Waals surface area contributed by atoms with Gasteiger partial charge in [-0.15, -0.1) is 0 Å². The van der Waals surface area contributed by atoms with Crippen LogP contribution in [-0.2, 0) is 6.42 Å². The molecule has 1 aliphatic heterocycles. The van der Waals surface area contributed by atoms with Gasteiger partial charge in [-0.25, -0.2) is 4.79 Å². The molecular formula is C28H33Cl2N3O3. The Morgan fingerprint density at radius 1 is 1.00 bits per heavy atom. The van der Waals surface area contributed by atoms with E-state index in [1.165, 1.54) is 0 Å². The molecule has 2 amide bonds. The number of ether oxygens (including phenoxy) is 2. The van der Waals surface area contributed by atoms with Crippen molar-refractivity contribution in [2.24, 2.45) is 0 Å². The van der Waals surface area contributed by atoms with Crippen LogP contribution in [0.2, 0.25) is 10.0 Å². The average Bonchev–Trinajstić information content (AvgIpc) is 2.83. The first-order valence-corrected chi connectivity index (χ1v) is 12.4. The molecule has 3 aromatic carbocycles. The van der Waals surface area contributed by atoms with Crippen LogP contribution in [0.1, 0.15) is 29.7 Å². The Balaban J connectivity index is 0.000000338. The number of aryl methyl sites for hydroxylation is 1. The summed E-state index contributed by atoms with van der Waals surface area (Å²) >= 11 is 11.3. The summed E-state index contributed by atoms with van der Waals surface area (Å²) in [6, 6.07) is 17.0. The van der Waals surface area contributed by atoms with E-state index in [0.717, 1.165) is 46.0 Å². The number of amides is 2. The molecule has 0 bridgehead atoms. The predicted octanol–water partition coefficient (Wildman–Crippen LogP) is 7.22. The lowest BCUT2D eigenvalue weighted by molar-refractivity contribution is 0.186. The Labute approximate surface area is 223 Å². The Kier molecular flexibility index (Phi) is 9.35. The van der Waals surface area contributed by atoms with Crippen molar-refractivity contribution >= 4 is 40.6 Å². The summed E-state index contributed by atoms with van der Waals surface area (Å²) in [5.41, 5.74) is 5.17. The van der Waals surface area contributed by atoms with Crippen molar-refractivity contribution < 1.29 is 14.3 Å². The van der Waals surface area contributed by atoms with Crippen molar-refractivity contribution in [2.75, 3.05) is 45.1 Å². The number of fused-ring (bicyclic) bond motifs is 1. The normalized spacial score (nSPS) is 14.2. The van der Waals surface area contributed by atoms with Crippen LogP contribution in [0.25, 0.3) is 0 Å². The van der Waals surface area contributed by atoms with Crippen LogP contribution in [0.3, 0.4) is 0 Å². The number of carbonyl (C=O) groups excluding carboxylic acids is 1. The fraction of sp³-hybridized carbons (Fsp3) is 0.321. The summed E-state index contributed by atoms with van der Waals surface area (Å²) in [6.07, 6.45) is 0.764. The highest BCUT2D eigenvalue weighted by molar-refractivity contribution is 6.34. The van der Waals surface area contributed by atoms with Crippen LogP contribution in [0, 0.1) is 6.92 Å². The molecule has 36 heavy (non-hydrogen) atoms. The fourth-order valence-corrected chi connectivity index (χ4v) is 4.86. The van der Waals surface area contributed by atoms with Gasteiger partial charge in [-0.05, 0) is 79.9 Å². The zero-order valence-corrected chi connectivity index (χ0v) is 23.1. The number of benzene rings is 3. The van der Waals surface area contributed by atoms with Gasteiger partial charge < -0.3 is 24.6 Å². The van der Waals surface area contributed by atoms with Gasteiger partial charge in [0.15, 0.2) is 0 Å². The second-order valence-corrected chi connectivity index (χ2v) is 9.71. The van der Waals surface area contributed by atoms with Crippen LogP contribution >= 0.6 is 23.2 Å². The molecule has 1 unspecified atom stereocenters. The average molecular weight is 530 g/mol. The summed E-state index contributed by atoms with van der Waals surface area (Å²) in [5.74, 6) is 1.53. The first-order valence-electron chi connectivity index (χ1n) is 11.7. The number of urea groups is 1. The monoisotopic (exact) mass is 529 g/mol. The molecule has 0 spiro atoms. The lowest BCUT2D eigenvalue weighted by Gasteiger charge is -2.36. The number of carbonyl (C=O) groups is 1. The van der Waals surface area contributed by atoms with Gasteiger partial charge in [0.05, 0.1) is 20.3 Å². The Bertz CT molecular complexity index is 1130. The molecule has 0 aliphatic carbocycles. The van der Waals surface area contributed by atoms with E-state index in [9.17, 15) is 4.79 Å². The lowest BCUT2D eigenvalue weighted by atomic mass is 9.92. The third kappa shape index (κ3) is 6.77. The van der Waals surface area contributed by atoms with Gasteiger partial charge in [-0.1, -0.05) is 23.2 Å². The molecular weight excluding hydrogens is 497 g/mol. The quantitative estimate of drug-likeness (QED) is 0.387. The van der Waals surface area contributed by atoms with Crippen LogP contribution in [0.15, 0.2) is 54.6 Å². The Morgan fingerprint density at radius 2 is 1.64 bits per heavy atom. The number of halogens is 2. The van der Waals surface area contributed by atoms with Crippen molar-refractivity contribution in [3.05, 3.63) is 81.3 Å². The van der Waals surface area contributed by atoms with Gasteiger partial charge in [-0.2, -0.15) is 0 Å². The highest BCUT2D eigenvalue weighted by Crippen LogP contribution is 2.39. The van der Waals surface area contributed by atoms with Crippen molar-refractivity contribution in [2.45, 2.75) is 26.3 Å². The summed E-state index contributed by atoms with van der Waals surface area (Å²) in [5, 5.41) is 4.39. The second kappa shape index (κ2) is 12.2. The third-order valence-electron chi connectivity index (χ3n) is 6.07. The maximum atomic E-state index is 12.9. The van der Waals surface area contributed by atoms with Crippen LogP contribution in [0.4, 0.5) is 16.2 Å². The molecule has 0 aromatic heterocycles. The van der Waals surface area contributed by atoms with E-state index in [-0.39, 0.29) is 12.1 Å². The van der Waals surface area contributed by atoms with Gasteiger partial charge >= 0.3 is 6.03 Å². The Hall–Kier alpha value is -3.09. The molecule has 0 fully saturated rings. The van der Waals surface area contributed by atoms with E-state index in [0.29, 0.717) is 16.6 Å². The predicted molar refractivity (Wildman–Crippen MR) is 149 cm³/mol. The minimum absolute atomic E-state index is 0.0874. The largest absolute Gasteiger partial charge is 0.497 e. The molecule has 1 heterocycles. The smallest absolute Gasteiger partial charge is 0.322 e.